The minimum Gasteiger partial charge on any atom is -0.299 e. The van der Waals surface area contributed by atoms with Crippen molar-refractivity contribution in [2.75, 3.05) is 0 Å². The summed E-state index contributed by atoms with van der Waals surface area (Å²) in [6, 6.07) is 0. The van der Waals surface area contributed by atoms with Crippen molar-refractivity contribution in [3.63, 3.8) is 0 Å². The van der Waals surface area contributed by atoms with Gasteiger partial charge in [0.25, 0.3) is 0 Å². The van der Waals surface area contributed by atoms with Gasteiger partial charge in [-0.3, -0.25) is 4.79 Å². The minimum absolute atomic E-state index is 0.110. The Hall–Kier alpha value is -0.850. The van der Waals surface area contributed by atoms with Gasteiger partial charge in [-0.05, 0) is 19.3 Å². The molecule has 0 aromatic rings. The van der Waals surface area contributed by atoms with Gasteiger partial charge >= 0.3 is 0 Å². The van der Waals surface area contributed by atoms with Crippen LogP contribution in [0.2, 0.25) is 0 Å². The van der Waals surface area contributed by atoms with Crippen molar-refractivity contribution >= 4 is 5.78 Å². The van der Waals surface area contributed by atoms with Crippen LogP contribution in [0.15, 0.2) is 24.3 Å². The van der Waals surface area contributed by atoms with E-state index in [-0.39, 0.29) is 11.7 Å². The van der Waals surface area contributed by atoms with Crippen LogP contribution in [0.25, 0.3) is 0 Å². The Morgan fingerprint density at radius 1 is 1.31 bits per heavy atom. The molecule has 90 valence electrons. The predicted molar refractivity (Wildman–Crippen MR) is 69.3 cm³/mol. The summed E-state index contributed by atoms with van der Waals surface area (Å²) in [5.41, 5.74) is 1.15. The first-order valence-electron chi connectivity index (χ1n) is 6.54. The van der Waals surface area contributed by atoms with E-state index in [1.165, 1.54) is 32.1 Å². The highest BCUT2D eigenvalue weighted by molar-refractivity contribution is 5.82. The molecule has 0 unspecified atom stereocenters. The molecule has 16 heavy (non-hydrogen) atoms. The number of hydrogen-bond acceptors (Lipinski definition) is 1. The molecule has 1 aliphatic rings. The molecule has 0 heterocycles. The molecule has 1 aliphatic carbocycles. The normalized spacial score (nSPS) is 24.0. The molecule has 0 aliphatic heterocycles. The maximum absolute atomic E-state index is 11.4. The van der Waals surface area contributed by atoms with Crippen molar-refractivity contribution in [1.29, 1.82) is 0 Å². The lowest BCUT2D eigenvalue weighted by atomic mass is 9.85. The van der Waals surface area contributed by atoms with Gasteiger partial charge in [0.2, 0.25) is 0 Å². The van der Waals surface area contributed by atoms with E-state index >= 15 is 0 Å². The summed E-state index contributed by atoms with van der Waals surface area (Å²) in [6.45, 7) is 7.97. The summed E-state index contributed by atoms with van der Waals surface area (Å²) < 4.78 is 0. The zero-order valence-electron chi connectivity index (χ0n) is 10.7. The second kappa shape index (κ2) is 6.67. The fraction of sp³-hybridized carbons (Fsp3) is 0.667. The third kappa shape index (κ3) is 3.62. The number of rotatable bonds is 7. The van der Waals surface area contributed by atoms with Gasteiger partial charge in [-0.25, -0.2) is 0 Å². The van der Waals surface area contributed by atoms with Crippen LogP contribution in [0.5, 0.6) is 0 Å². The lowest BCUT2D eigenvalue weighted by molar-refractivity contribution is -0.120. The highest BCUT2D eigenvalue weighted by atomic mass is 16.1. The number of ketones is 1. The maximum Gasteiger partial charge on any atom is 0.137 e. The molecule has 1 nitrogen and oxygen atoms in total. The van der Waals surface area contributed by atoms with Gasteiger partial charge < -0.3 is 0 Å². The lowest BCUT2D eigenvalue weighted by Crippen LogP contribution is -2.17. The van der Waals surface area contributed by atoms with E-state index < -0.39 is 0 Å². The number of allylic oxidation sites excluding steroid dienone is 3. The molecule has 0 spiro atoms. The maximum atomic E-state index is 11.4. The molecule has 0 N–H and O–H groups in total. The molecule has 0 radical (unpaired) electrons. The van der Waals surface area contributed by atoms with Crippen molar-refractivity contribution in [2.45, 2.75) is 52.4 Å². The Morgan fingerprint density at radius 2 is 2.00 bits per heavy atom. The molecule has 0 saturated heterocycles. The van der Waals surface area contributed by atoms with Crippen LogP contribution in [0, 0.1) is 11.8 Å². The number of hydrogen-bond donors (Lipinski definition) is 0. The first kappa shape index (κ1) is 13.2. The monoisotopic (exact) mass is 220 g/mol. The second-order valence-corrected chi connectivity index (χ2v) is 4.88. The highest BCUT2D eigenvalue weighted by Gasteiger charge is 2.28. The standard InChI is InChI=1S/C15H24O/c1-4-5-6-7-8-9-14-12(2)10-11-15(14)13(3)16/h10-11,14-15H,2,4-9H2,1,3H3/t14-,15+/m0/s1. The molecule has 0 fully saturated rings. The molecule has 0 amide bonds. The van der Waals surface area contributed by atoms with Gasteiger partial charge in [0.05, 0.1) is 0 Å². The van der Waals surface area contributed by atoms with E-state index in [1.54, 1.807) is 6.92 Å². The SMILES string of the molecule is C=C1C=C[C@H](C(C)=O)[C@H]1CCCCCCC. The Morgan fingerprint density at radius 3 is 2.62 bits per heavy atom. The predicted octanol–water partition coefficient (Wildman–Crippen LogP) is 4.29. The van der Waals surface area contributed by atoms with Crippen molar-refractivity contribution in [3.05, 3.63) is 24.3 Å². The van der Waals surface area contributed by atoms with E-state index in [4.69, 9.17) is 0 Å². The third-order valence-corrected chi connectivity index (χ3v) is 3.52. The van der Waals surface area contributed by atoms with E-state index in [0.29, 0.717) is 5.92 Å². The topological polar surface area (TPSA) is 17.1 Å². The van der Waals surface area contributed by atoms with Gasteiger partial charge in [0.15, 0.2) is 0 Å². The minimum atomic E-state index is 0.110. The van der Waals surface area contributed by atoms with E-state index in [2.05, 4.69) is 13.5 Å². The average molecular weight is 220 g/mol. The molecule has 0 aromatic carbocycles. The largest absolute Gasteiger partial charge is 0.299 e. The number of unbranched alkanes of at least 4 members (excludes halogenated alkanes) is 4. The Bertz CT molecular complexity index is 275. The average Bonchev–Trinajstić information content (AvgIpc) is 2.60. The fourth-order valence-corrected chi connectivity index (χ4v) is 2.47. The molecular formula is C15H24O. The second-order valence-electron chi connectivity index (χ2n) is 4.88. The zero-order valence-corrected chi connectivity index (χ0v) is 10.7. The van der Waals surface area contributed by atoms with Crippen LogP contribution in [-0.2, 0) is 4.79 Å². The van der Waals surface area contributed by atoms with E-state index in [0.717, 1.165) is 12.0 Å². The van der Waals surface area contributed by atoms with Gasteiger partial charge in [-0.2, -0.15) is 0 Å². The molecule has 2 atom stereocenters. The Labute approximate surface area is 99.6 Å². The first-order chi connectivity index (χ1) is 7.66. The van der Waals surface area contributed by atoms with Crippen LogP contribution in [0.4, 0.5) is 0 Å². The van der Waals surface area contributed by atoms with Crippen LogP contribution in [-0.4, -0.2) is 5.78 Å². The molecule has 0 aromatic heterocycles. The van der Waals surface area contributed by atoms with E-state index in [1.807, 2.05) is 12.2 Å². The number of Topliss-reactive ketones (excluding diaryl/α,β-unsaturated/α-hetero) is 1. The van der Waals surface area contributed by atoms with Crippen LogP contribution >= 0.6 is 0 Å². The summed E-state index contributed by atoms with van der Waals surface area (Å²) in [7, 11) is 0. The molecular weight excluding hydrogens is 196 g/mol. The summed E-state index contributed by atoms with van der Waals surface area (Å²) in [6.07, 6.45) is 11.7. The highest BCUT2D eigenvalue weighted by Crippen LogP contribution is 2.34. The number of carbonyl (C=O) groups excluding carboxylic acids is 1. The summed E-state index contributed by atoms with van der Waals surface area (Å²) in [5, 5.41) is 0. The smallest absolute Gasteiger partial charge is 0.137 e. The van der Waals surface area contributed by atoms with Crippen molar-refractivity contribution < 1.29 is 4.79 Å². The summed E-state index contributed by atoms with van der Waals surface area (Å²) in [4.78, 5) is 11.4. The van der Waals surface area contributed by atoms with Gasteiger partial charge in [-0.1, -0.05) is 63.3 Å². The fourth-order valence-electron chi connectivity index (χ4n) is 2.47. The summed E-state index contributed by atoms with van der Waals surface area (Å²) >= 11 is 0. The summed E-state index contributed by atoms with van der Waals surface area (Å²) in [5.74, 6) is 0.784. The van der Waals surface area contributed by atoms with E-state index in [9.17, 15) is 4.79 Å². The van der Waals surface area contributed by atoms with Gasteiger partial charge in [-0.15, -0.1) is 0 Å². The molecule has 1 rings (SSSR count). The van der Waals surface area contributed by atoms with Gasteiger partial charge in [0.1, 0.15) is 5.78 Å². The van der Waals surface area contributed by atoms with Crippen molar-refractivity contribution in [1.82, 2.24) is 0 Å². The lowest BCUT2D eigenvalue weighted by Gasteiger charge is -2.17. The van der Waals surface area contributed by atoms with Crippen molar-refractivity contribution in [2.24, 2.45) is 11.8 Å². The quantitative estimate of drug-likeness (QED) is 0.585. The third-order valence-electron chi connectivity index (χ3n) is 3.52. The molecule has 1 heteroatoms. The zero-order chi connectivity index (χ0) is 12.0. The van der Waals surface area contributed by atoms with Crippen molar-refractivity contribution in [3.8, 4) is 0 Å². The number of carbonyl (C=O) groups is 1. The molecule has 0 bridgehead atoms. The Kier molecular flexibility index (Phi) is 5.51. The first-order valence-corrected chi connectivity index (χ1v) is 6.54. The Balaban J connectivity index is 2.29. The van der Waals surface area contributed by atoms with Crippen LogP contribution < -0.4 is 0 Å². The molecule has 0 saturated carbocycles. The van der Waals surface area contributed by atoms with Crippen LogP contribution in [0.3, 0.4) is 0 Å². The van der Waals surface area contributed by atoms with Gasteiger partial charge in [0, 0.05) is 5.92 Å². The van der Waals surface area contributed by atoms with Crippen LogP contribution in [0.1, 0.15) is 52.4 Å².